The van der Waals surface area contributed by atoms with Crippen LogP contribution in [0.1, 0.15) is 0 Å². The summed E-state index contributed by atoms with van der Waals surface area (Å²) in [6.45, 7) is 0. The molecule has 0 radical (unpaired) electrons. The maximum atomic E-state index is 9.59. The number of rotatable bonds is 1. The molecule has 0 aliphatic rings. The zero-order chi connectivity index (χ0) is 8.78. The van der Waals surface area contributed by atoms with Gasteiger partial charge in [-0.25, -0.2) is 13.7 Å². The topological polar surface area (TPSA) is 115 Å². The predicted molar refractivity (Wildman–Crippen MR) is 32.3 cm³/mol. The predicted octanol–water partition coefficient (Wildman–Crippen LogP) is -2.92. The van der Waals surface area contributed by atoms with Gasteiger partial charge in [0.25, 0.3) is 0 Å². The summed E-state index contributed by atoms with van der Waals surface area (Å²) in [5.41, 5.74) is 0. The summed E-state index contributed by atoms with van der Waals surface area (Å²) < 4.78 is 47.5. The zero-order valence-electron chi connectivity index (χ0n) is 4.71. The van der Waals surface area contributed by atoms with Crippen molar-refractivity contribution in [3.8, 4) is 0 Å². The average Bonchev–Trinajstić information content (AvgIpc) is 1.63. The van der Waals surface area contributed by atoms with E-state index in [1.54, 1.807) is 0 Å². The van der Waals surface area contributed by atoms with Gasteiger partial charge in [-0.15, -0.1) is 17.0 Å². The summed E-state index contributed by atoms with van der Waals surface area (Å²) in [7, 11) is -6.75. The highest BCUT2D eigenvalue weighted by molar-refractivity contribution is 8.08. The number of hydrogen-bond acceptors (Lipinski definition) is 7. The Labute approximate surface area is 60.8 Å². The molecule has 0 unspecified atom stereocenters. The molecule has 10 heteroatoms. The molecular weight excluding hydrogens is 204 g/mol. The molecule has 0 aliphatic carbocycles. The molecule has 0 aromatic heterocycles. The third kappa shape index (κ3) is 47.3. The molecule has 0 spiro atoms. The van der Waals surface area contributed by atoms with Crippen LogP contribution in [0.15, 0.2) is 0 Å². The minimum absolute atomic E-state index is 0.171. The molecule has 0 fully saturated rings. The average molecular weight is 208 g/mol. The molecule has 0 aliphatic heterocycles. The molecule has 0 bridgehead atoms. The molecule has 0 aromatic carbocycles. The van der Waals surface area contributed by atoms with Gasteiger partial charge in [-0.1, -0.05) is 0 Å². The quantitative estimate of drug-likeness (QED) is 0.279. The molecular formula is H4O7S2Si. The molecule has 0 atom stereocenters. The van der Waals surface area contributed by atoms with Crippen molar-refractivity contribution in [2.45, 2.75) is 0 Å². The first-order valence-electron chi connectivity index (χ1n) is 1.59. The Morgan fingerprint density at radius 2 is 1.40 bits per heavy atom. The first kappa shape index (κ1) is 12.4. The van der Waals surface area contributed by atoms with E-state index in [1.165, 1.54) is 0 Å². The van der Waals surface area contributed by atoms with Gasteiger partial charge >= 0.3 is 10.6 Å². The van der Waals surface area contributed by atoms with E-state index in [1.807, 2.05) is 0 Å². The minimum Gasteiger partial charge on any atom is -0.235 e. The second-order valence-corrected chi connectivity index (χ2v) is 5.95. The van der Waals surface area contributed by atoms with Gasteiger partial charge in [0.2, 0.25) is 9.57 Å². The molecule has 0 saturated carbocycles. The van der Waals surface area contributed by atoms with Gasteiger partial charge in [-0.2, -0.15) is 0 Å². The fourth-order valence-corrected chi connectivity index (χ4v) is 0. The first-order valence-corrected chi connectivity index (χ1v) is 6.86. The van der Waals surface area contributed by atoms with Crippen LogP contribution in [0.4, 0.5) is 0 Å². The zero-order valence-corrected chi connectivity index (χ0v) is 8.35. The fourth-order valence-electron chi connectivity index (χ4n) is 0. The van der Waals surface area contributed by atoms with Crippen molar-refractivity contribution in [3.05, 3.63) is 0 Å². The van der Waals surface area contributed by atoms with E-state index in [9.17, 15) is 8.42 Å². The van der Waals surface area contributed by atoms with E-state index >= 15 is 0 Å². The second kappa shape index (κ2) is 5.49. The molecule has 1 N–H and O–H groups in total. The lowest BCUT2D eigenvalue weighted by atomic mass is 15.0. The van der Waals surface area contributed by atoms with Crippen LogP contribution in [0.2, 0.25) is 0 Å². The van der Waals surface area contributed by atoms with Crippen LogP contribution in [0.5, 0.6) is 0 Å². The van der Waals surface area contributed by atoms with Crippen molar-refractivity contribution in [2.75, 3.05) is 0 Å². The molecule has 0 saturated heterocycles. The normalized spacial score (nSPS) is 9.70. The molecule has 62 valence electrons. The van der Waals surface area contributed by atoms with Gasteiger partial charge in [0.15, 0.2) is 9.39 Å². The largest absolute Gasteiger partial charge is 0.425 e. The molecule has 0 rings (SSSR count). The Balaban J connectivity index is 0. The van der Waals surface area contributed by atoms with E-state index in [4.69, 9.17) is 17.9 Å². The van der Waals surface area contributed by atoms with E-state index in [0.29, 0.717) is 0 Å². The fraction of sp³-hybridized carbons (Fsp3) is 0. The highest BCUT2D eigenvalue weighted by Gasteiger charge is 1.93. The van der Waals surface area contributed by atoms with Crippen LogP contribution in [0.25, 0.3) is 0 Å². The third-order valence-electron chi connectivity index (χ3n) is 0.135. The van der Waals surface area contributed by atoms with E-state index in [-0.39, 0.29) is 9.39 Å². The maximum Gasteiger partial charge on any atom is 0.425 e. The van der Waals surface area contributed by atoms with E-state index in [2.05, 4.69) is 4.33 Å². The third-order valence-corrected chi connectivity index (χ3v) is 0.853. The summed E-state index contributed by atoms with van der Waals surface area (Å²) in [5.74, 6) is 0. The van der Waals surface area contributed by atoms with Gasteiger partial charge in [-0.3, -0.25) is 0 Å². The van der Waals surface area contributed by atoms with Crippen molar-refractivity contribution in [1.29, 1.82) is 0 Å². The second-order valence-electron chi connectivity index (χ2n) is 0.983. The van der Waals surface area contributed by atoms with Crippen molar-refractivity contribution >= 4 is 29.6 Å². The molecule has 0 heterocycles. The smallest absolute Gasteiger partial charge is 0.235 e. The van der Waals surface area contributed by atoms with Crippen molar-refractivity contribution in [1.82, 2.24) is 0 Å². The Morgan fingerprint density at radius 1 is 1.30 bits per heavy atom. The van der Waals surface area contributed by atoms with Crippen molar-refractivity contribution in [3.63, 3.8) is 0 Å². The van der Waals surface area contributed by atoms with Gasteiger partial charge in [0.05, 0.1) is 0 Å². The lowest BCUT2D eigenvalue weighted by molar-refractivity contribution is -0.127. The lowest BCUT2D eigenvalue weighted by Gasteiger charge is -1.81. The van der Waals surface area contributed by atoms with Crippen LogP contribution in [-0.2, 0) is 24.5 Å². The van der Waals surface area contributed by atoms with Crippen LogP contribution in [0.3, 0.4) is 0 Å². The van der Waals surface area contributed by atoms with Crippen molar-refractivity contribution in [2.24, 2.45) is 0 Å². The van der Waals surface area contributed by atoms with E-state index < -0.39 is 20.2 Å². The summed E-state index contributed by atoms with van der Waals surface area (Å²) >= 11 is 0. The van der Waals surface area contributed by atoms with Crippen LogP contribution in [0, 0.1) is 0 Å². The Bertz CT molecular complexity index is 245. The maximum absolute atomic E-state index is 9.59. The molecule has 10 heavy (non-hydrogen) atoms. The van der Waals surface area contributed by atoms with Crippen molar-refractivity contribution < 1.29 is 30.6 Å². The standard InChI is InChI=1S/H4O4SSi.O3S/c1-4-5(2,3)6;1-4(2)3/h1H,6H3;. The summed E-state index contributed by atoms with van der Waals surface area (Å²) in [6, 6.07) is 0. The number of hydrogen-bond donors (Lipinski definition) is 1. The Morgan fingerprint density at radius 3 is 1.40 bits per heavy atom. The lowest BCUT2D eigenvalue weighted by Crippen LogP contribution is -1.98. The highest BCUT2D eigenvalue weighted by Crippen LogP contribution is 1.73. The van der Waals surface area contributed by atoms with Gasteiger partial charge in [0, 0.05) is 0 Å². The van der Waals surface area contributed by atoms with Gasteiger partial charge in [0.1, 0.15) is 0 Å². The summed E-state index contributed by atoms with van der Waals surface area (Å²) in [5, 5.41) is 7.35. The molecule has 7 nitrogen and oxygen atoms in total. The summed E-state index contributed by atoms with van der Waals surface area (Å²) in [6.07, 6.45) is 0. The summed E-state index contributed by atoms with van der Waals surface area (Å²) in [4.78, 5) is 0. The minimum atomic E-state index is -3.47. The molecule has 0 amide bonds. The van der Waals surface area contributed by atoms with Crippen LogP contribution in [-0.4, -0.2) is 35.7 Å². The van der Waals surface area contributed by atoms with Gasteiger partial charge < -0.3 is 0 Å². The Kier molecular flexibility index (Phi) is 6.80. The first-order chi connectivity index (χ1) is 4.29. The monoisotopic (exact) mass is 208 g/mol. The van der Waals surface area contributed by atoms with Gasteiger partial charge in [-0.05, 0) is 0 Å². The highest BCUT2D eigenvalue weighted by atomic mass is 32.4. The molecule has 0 aromatic rings. The SMILES string of the molecule is O=S(=O)([SiH3])OO.O=S(=O)=O. The van der Waals surface area contributed by atoms with Crippen LogP contribution < -0.4 is 0 Å². The van der Waals surface area contributed by atoms with E-state index in [0.717, 1.165) is 0 Å². The van der Waals surface area contributed by atoms with Crippen LogP contribution >= 0.6 is 0 Å². The Hall–Kier alpha value is -0.293.